The third kappa shape index (κ3) is 3.13. The van der Waals surface area contributed by atoms with Crippen LogP contribution in [0.25, 0.3) is 5.65 Å². The van der Waals surface area contributed by atoms with Crippen LogP contribution in [0, 0.1) is 12.8 Å². The van der Waals surface area contributed by atoms with Gasteiger partial charge in [-0.15, -0.1) is 0 Å². The van der Waals surface area contributed by atoms with Gasteiger partial charge in [0.15, 0.2) is 5.65 Å². The average Bonchev–Trinajstić information content (AvgIpc) is 3.06. The fraction of sp³-hybridized carbons (Fsp3) is 0.500. The number of aromatic amines is 1. The summed E-state index contributed by atoms with van der Waals surface area (Å²) in [5.74, 6) is 0.815. The molecular weight excluding hydrogens is 366 g/mol. The zero-order valence-corrected chi connectivity index (χ0v) is 17.0. The van der Waals surface area contributed by atoms with E-state index in [0.717, 1.165) is 43.7 Å². The Hall–Kier alpha value is -2.67. The highest BCUT2D eigenvalue weighted by Crippen LogP contribution is 2.42. The summed E-state index contributed by atoms with van der Waals surface area (Å²) < 4.78 is 3.56. The maximum Gasteiger partial charge on any atom is 0.272 e. The van der Waals surface area contributed by atoms with E-state index in [2.05, 4.69) is 27.6 Å². The first-order valence-electron chi connectivity index (χ1n) is 10.6. The first kappa shape index (κ1) is 18.4. The molecule has 2 aliphatic heterocycles. The summed E-state index contributed by atoms with van der Waals surface area (Å²) in [4.78, 5) is 32.2. The van der Waals surface area contributed by atoms with Crippen molar-refractivity contribution >= 4 is 5.65 Å². The predicted octanol–water partition coefficient (Wildman–Crippen LogP) is 2.45. The molecule has 1 N–H and O–H groups in total. The molecule has 7 heteroatoms. The number of hydrogen-bond donors (Lipinski definition) is 1. The number of pyridine rings is 1. The lowest BCUT2D eigenvalue weighted by Gasteiger charge is -2.47. The summed E-state index contributed by atoms with van der Waals surface area (Å²) >= 11 is 0. The van der Waals surface area contributed by atoms with Crippen molar-refractivity contribution < 1.29 is 0 Å². The van der Waals surface area contributed by atoms with Crippen molar-refractivity contribution in [3.05, 3.63) is 68.1 Å². The molecule has 0 radical (unpaired) electrons. The van der Waals surface area contributed by atoms with Gasteiger partial charge >= 0.3 is 0 Å². The van der Waals surface area contributed by atoms with Gasteiger partial charge in [0.05, 0.1) is 5.69 Å². The molecule has 0 spiro atoms. The topological polar surface area (TPSA) is 75.4 Å². The van der Waals surface area contributed by atoms with E-state index in [0.29, 0.717) is 24.0 Å². The van der Waals surface area contributed by atoms with Gasteiger partial charge < -0.3 is 4.57 Å². The maximum absolute atomic E-state index is 12.6. The molecule has 7 nitrogen and oxygen atoms in total. The Morgan fingerprint density at radius 1 is 1.17 bits per heavy atom. The van der Waals surface area contributed by atoms with Crippen molar-refractivity contribution in [1.82, 2.24) is 24.1 Å². The molecule has 0 saturated carbocycles. The molecule has 0 aromatic carbocycles. The van der Waals surface area contributed by atoms with Gasteiger partial charge in [0.1, 0.15) is 0 Å². The Kier molecular flexibility index (Phi) is 4.42. The highest BCUT2D eigenvalue weighted by atomic mass is 16.1. The van der Waals surface area contributed by atoms with Gasteiger partial charge in [-0.3, -0.25) is 19.6 Å². The number of nitrogens with one attached hydrogen (secondary N) is 1. The van der Waals surface area contributed by atoms with Crippen molar-refractivity contribution in [2.45, 2.75) is 51.6 Å². The number of nitrogens with zero attached hydrogens (tertiary/aromatic N) is 4. The number of rotatable bonds is 4. The van der Waals surface area contributed by atoms with E-state index in [1.165, 1.54) is 10.2 Å². The second kappa shape index (κ2) is 6.99. The van der Waals surface area contributed by atoms with Crippen LogP contribution in [0.1, 0.15) is 55.2 Å². The van der Waals surface area contributed by atoms with Gasteiger partial charge in [-0.1, -0.05) is 19.4 Å². The summed E-state index contributed by atoms with van der Waals surface area (Å²) in [6.45, 7) is 6.61. The molecule has 5 rings (SSSR count). The first-order chi connectivity index (χ1) is 14.0. The van der Waals surface area contributed by atoms with E-state index in [1.807, 2.05) is 19.1 Å². The lowest BCUT2D eigenvalue weighted by atomic mass is 9.77. The smallest absolute Gasteiger partial charge is 0.272 e. The Morgan fingerprint density at radius 2 is 2.03 bits per heavy atom. The second-order valence-electron chi connectivity index (χ2n) is 8.62. The highest BCUT2D eigenvalue weighted by Gasteiger charge is 2.40. The molecule has 3 aromatic rings. The Morgan fingerprint density at radius 3 is 2.86 bits per heavy atom. The molecule has 0 unspecified atom stereocenters. The lowest BCUT2D eigenvalue weighted by molar-refractivity contribution is 0.0809. The van der Waals surface area contributed by atoms with E-state index in [-0.39, 0.29) is 17.2 Å². The van der Waals surface area contributed by atoms with E-state index in [9.17, 15) is 9.59 Å². The maximum atomic E-state index is 12.6. The van der Waals surface area contributed by atoms with Gasteiger partial charge in [-0.05, 0) is 31.7 Å². The largest absolute Gasteiger partial charge is 0.309 e. The third-order valence-corrected chi connectivity index (χ3v) is 6.48. The SMILES string of the molecule is CCC[C@H]1[C@H]2C[C@H](CN(Cc3cc(=O)n4[nH]c(C)cc4n3)C2)c2cccc(=O)n21. The van der Waals surface area contributed by atoms with Crippen LogP contribution >= 0.6 is 0 Å². The number of aryl methyl sites for hydroxylation is 1. The second-order valence-corrected chi connectivity index (χ2v) is 8.62. The number of H-pyrrole nitrogens is 1. The fourth-order valence-electron chi connectivity index (χ4n) is 5.40. The monoisotopic (exact) mass is 393 g/mol. The normalized spacial score (nSPS) is 24.0. The Labute approximate surface area is 169 Å². The van der Waals surface area contributed by atoms with Gasteiger partial charge in [0, 0.05) is 61.2 Å². The van der Waals surface area contributed by atoms with Crippen molar-refractivity contribution in [2.75, 3.05) is 13.1 Å². The van der Waals surface area contributed by atoms with Crippen LogP contribution in [0.5, 0.6) is 0 Å². The summed E-state index contributed by atoms with van der Waals surface area (Å²) in [6.07, 6.45) is 3.22. The van der Waals surface area contributed by atoms with Crippen LogP contribution in [0.15, 0.2) is 39.9 Å². The quantitative estimate of drug-likeness (QED) is 0.739. The number of likely N-dealkylation sites (tertiary alicyclic amines) is 1. The van der Waals surface area contributed by atoms with E-state index >= 15 is 0 Å². The van der Waals surface area contributed by atoms with Crippen molar-refractivity contribution in [1.29, 1.82) is 0 Å². The zero-order chi connectivity index (χ0) is 20.1. The summed E-state index contributed by atoms with van der Waals surface area (Å²) in [7, 11) is 0. The van der Waals surface area contributed by atoms with Gasteiger partial charge in [-0.2, -0.15) is 0 Å². The van der Waals surface area contributed by atoms with E-state index < -0.39 is 0 Å². The summed E-state index contributed by atoms with van der Waals surface area (Å²) in [5, 5.41) is 3.02. The molecule has 5 heterocycles. The van der Waals surface area contributed by atoms with Crippen LogP contribution in [0.4, 0.5) is 0 Å². The lowest BCUT2D eigenvalue weighted by Crippen LogP contribution is -2.49. The molecule has 2 bridgehead atoms. The highest BCUT2D eigenvalue weighted by molar-refractivity contribution is 5.39. The van der Waals surface area contributed by atoms with Crippen LogP contribution < -0.4 is 11.1 Å². The molecule has 3 aromatic heterocycles. The van der Waals surface area contributed by atoms with E-state index in [1.54, 1.807) is 12.1 Å². The third-order valence-electron chi connectivity index (χ3n) is 6.48. The molecule has 1 saturated heterocycles. The van der Waals surface area contributed by atoms with Crippen molar-refractivity contribution in [2.24, 2.45) is 5.92 Å². The molecule has 3 atom stereocenters. The minimum Gasteiger partial charge on any atom is -0.309 e. The summed E-state index contributed by atoms with van der Waals surface area (Å²) in [5.41, 5.74) is 3.63. The van der Waals surface area contributed by atoms with Crippen molar-refractivity contribution in [3.8, 4) is 0 Å². The van der Waals surface area contributed by atoms with Gasteiger partial charge in [0.2, 0.25) is 0 Å². The molecular formula is C22H27N5O2. The molecule has 0 amide bonds. The van der Waals surface area contributed by atoms with Gasteiger partial charge in [-0.25, -0.2) is 9.50 Å². The minimum absolute atomic E-state index is 0.0731. The zero-order valence-electron chi connectivity index (χ0n) is 17.0. The minimum atomic E-state index is -0.0731. The number of hydrogen-bond acceptors (Lipinski definition) is 4. The predicted molar refractivity (Wildman–Crippen MR) is 111 cm³/mol. The van der Waals surface area contributed by atoms with E-state index in [4.69, 9.17) is 4.98 Å². The molecule has 1 fully saturated rings. The fourth-order valence-corrected chi connectivity index (χ4v) is 5.40. The molecule has 29 heavy (non-hydrogen) atoms. The summed E-state index contributed by atoms with van der Waals surface area (Å²) in [6, 6.07) is 9.49. The Balaban J connectivity index is 1.46. The average molecular weight is 393 g/mol. The number of piperidine rings is 1. The van der Waals surface area contributed by atoms with Crippen LogP contribution in [0.3, 0.4) is 0 Å². The number of fused-ring (bicyclic) bond motifs is 5. The molecule has 152 valence electrons. The molecule has 0 aliphatic carbocycles. The number of aromatic nitrogens is 4. The first-order valence-corrected chi connectivity index (χ1v) is 10.6. The van der Waals surface area contributed by atoms with Crippen molar-refractivity contribution in [3.63, 3.8) is 0 Å². The van der Waals surface area contributed by atoms with Gasteiger partial charge in [0.25, 0.3) is 11.1 Å². The van der Waals surface area contributed by atoms with Crippen LogP contribution in [0.2, 0.25) is 0 Å². The Bertz CT molecular complexity index is 1170. The van der Waals surface area contributed by atoms with Crippen LogP contribution in [-0.4, -0.2) is 37.2 Å². The van der Waals surface area contributed by atoms with Crippen LogP contribution in [-0.2, 0) is 6.54 Å². The standard InChI is InChI=1S/C22H27N5O2/c1-3-5-18-15-9-16(19-6-4-7-21(28)26(18)19)12-25(11-15)13-17-10-22(29)27-20(23-17)8-14(2)24-27/h4,6-8,10,15-16,18,24H,3,5,9,11-13H2,1-2H3/t15-,16+,18-/m0/s1. The molecule has 2 aliphatic rings.